The smallest absolute Gasteiger partial charge is 0.222 e. The molecule has 17 heavy (non-hydrogen) atoms. The zero-order valence-corrected chi connectivity index (χ0v) is 9.80. The molecule has 0 aromatic carbocycles. The van der Waals surface area contributed by atoms with E-state index in [9.17, 15) is 0 Å². The first-order valence-corrected chi connectivity index (χ1v) is 6.26. The van der Waals surface area contributed by atoms with Gasteiger partial charge in [0.05, 0.1) is 12.7 Å². The van der Waals surface area contributed by atoms with Crippen LogP contribution in [-0.4, -0.2) is 42.3 Å². The van der Waals surface area contributed by atoms with E-state index in [4.69, 9.17) is 4.74 Å². The lowest BCUT2D eigenvalue weighted by molar-refractivity contribution is 0.101. The summed E-state index contributed by atoms with van der Waals surface area (Å²) in [6.45, 7) is 3.92. The number of fused-ring (bicyclic) bond motifs is 1. The summed E-state index contributed by atoms with van der Waals surface area (Å²) in [6.07, 6.45) is 5.02. The number of rotatable bonds is 3. The van der Waals surface area contributed by atoms with Crippen molar-refractivity contribution in [3.05, 3.63) is 18.5 Å². The average Bonchev–Trinajstić information content (AvgIpc) is 2.81. The second-order valence-electron chi connectivity index (χ2n) is 4.74. The fourth-order valence-corrected chi connectivity index (χ4v) is 2.74. The Hall–Kier alpha value is -1.20. The van der Waals surface area contributed by atoms with E-state index in [2.05, 4.69) is 20.6 Å². The van der Waals surface area contributed by atoms with Crippen molar-refractivity contribution in [3.8, 4) is 0 Å². The Labute approximate surface area is 101 Å². The molecule has 2 fully saturated rings. The molecule has 5 heteroatoms. The van der Waals surface area contributed by atoms with Crippen molar-refractivity contribution in [2.24, 2.45) is 11.8 Å². The average molecular weight is 234 g/mol. The number of hydrogen-bond donors (Lipinski definition) is 2. The van der Waals surface area contributed by atoms with Crippen molar-refractivity contribution in [2.45, 2.75) is 12.5 Å². The van der Waals surface area contributed by atoms with Gasteiger partial charge < -0.3 is 15.4 Å². The van der Waals surface area contributed by atoms with Crippen LogP contribution < -0.4 is 10.6 Å². The summed E-state index contributed by atoms with van der Waals surface area (Å²) in [5.41, 5.74) is 0. The fraction of sp³-hybridized carbons (Fsp3) is 0.667. The summed E-state index contributed by atoms with van der Waals surface area (Å²) in [5, 5.41) is 6.69. The van der Waals surface area contributed by atoms with Crippen LogP contribution in [-0.2, 0) is 4.74 Å². The maximum Gasteiger partial charge on any atom is 0.222 e. The van der Waals surface area contributed by atoms with E-state index in [1.165, 1.54) is 6.42 Å². The second-order valence-corrected chi connectivity index (χ2v) is 4.74. The minimum absolute atomic E-state index is 0.289. The molecule has 5 nitrogen and oxygen atoms in total. The molecule has 0 bridgehead atoms. The van der Waals surface area contributed by atoms with Crippen LogP contribution in [0.25, 0.3) is 0 Å². The lowest BCUT2D eigenvalue weighted by Crippen LogP contribution is -2.41. The topological polar surface area (TPSA) is 59.1 Å². The highest BCUT2D eigenvalue weighted by Gasteiger charge is 2.38. The first kappa shape index (κ1) is 10.9. The Morgan fingerprint density at radius 3 is 3.18 bits per heavy atom. The minimum Gasteiger partial charge on any atom is -0.376 e. The third kappa shape index (κ3) is 2.40. The summed E-state index contributed by atoms with van der Waals surface area (Å²) in [7, 11) is 0. The number of ether oxygens (including phenoxy) is 1. The second kappa shape index (κ2) is 4.98. The van der Waals surface area contributed by atoms with Crippen molar-refractivity contribution < 1.29 is 4.74 Å². The molecular formula is C12H18N4O. The zero-order chi connectivity index (χ0) is 11.5. The first-order chi connectivity index (χ1) is 8.43. The quantitative estimate of drug-likeness (QED) is 0.798. The molecule has 3 atom stereocenters. The normalized spacial score (nSPS) is 32.1. The van der Waals surface area contributed by atoms with E-state index in [0.29, 0.717) is 11.9 Å². The third-order valence-corrected chi connectivity index (χ3v) is 3.71. The Morgan fingerprint density at radius 2 is 2.29 bits per heavy atom. The predicted molar refractivity (Wildman–Crippen MR) is 64.7 cm³/mol. The monoisotopic (exact) mass is 234 g/mol. The number of anilines is 1. The number of piperidine rings is 1. The predicted octanol–water partition coefficient (Wildman–Crippen LogP) is 0.513. The van der Waals surface area contributed by atoms with Crippen LogP contribution in [0.1, 0.15) is 6.42 Å². The SMILES string of the molecule is c1cnc(NC[C@H]2OC[C@@H]3CCNC[C@@H]32)nc1. The Balaban J connectivity index is 1.55. The summed E-state index contributed by atoms with van der Waals surface area (Å²) in [6, 6.07) is 1.82. The molecule has 0 radical (unpaired) electrons. The van der Waals surface area contributed by atoms with E-state index in [-0.39, 0.29) is 6.10 Å². The van der Waals surface area contributed by atoms with E-state index in [0.717, 1.165) is 32.2 Å². The molecule has 1 aromatic rings. The van der Waals surface area contributed by atoms with Crippen LogP contribution in [0, 0.1) is 11.8 Å². The van der Waals surface area contributed by atoms with E-state index >= 15 is 0 Å². The van der Waals surface area contributed by atoms with E-state index in [1.807, 2.05) is 6.07 Å². The highest BCUT2D eigenvalue weighted by Crippen LogP contribution is 2.31. The van der Waals surface area contributed by atoms with Crippen LogP contribution >= 0.6 is 0 Å². The molecule has 3 rings (SSSR count). The van der Waals surface area contributed by atoms with Crippen molar-refractivity contribution in [1.82, 2.24) is 15.3 Å². The van der Waals surface area contributed by atoms with Crippen molar-refractivity contribution >= 4 is 5.95 Å². The Bertz CT molecular complexity index is 359. The number of aromatic nitrogens is 2. The largest absolute Gasteiger partial charge is 0.376 e. The molecule has 0 spiro atoms. The summed E-state index contributed by atoms with van der Waals surface area (Å²) < 4.78 is 5.86. The van der Waals surface area contributed by atoms with Crippen LogP contribution in [0.15, 0.2) is 18.5 Å². The molecular weight excluding hydrogens is 216 g/mol. The van der Waals surface area contributed by atoms with Crippen molar-refractivity contribution in [1.29, 1.82) is 0 Å². The fourth-order valence-electron chi connectivity index (χ4n) is 2.74. The summed E-state index contributed by atoms with van der Waals surface area (Å²) >= 11 is 0. The van der Waals surface area contributed by atoms with Gasteiger partial charge >= 0.3 is 0 Å². The highest BCUT2D eigenvalue weighted by molar-refractivity contribution is 5.22. The van der Waals surface area contributed by atoms with Gasteiger partial charge in [-0.15, -0.1) is 0 Å². The highest BCUT2D eigenvalue weighted by atomic mass is 16.5. The van der Waals surface area contributed by atoms with Crippen LogP contribution in [0.2, 0.25) is 0 Å². The van der Waals surface area contributed by atoms with Crippen LogP contribution in [0.3, 0.4) is 0 Å². The van der Waals surface area contributed by atoms with E-state index in [1.54, 1.807) is 12.4 Å². The van der Waals surface area contributed by atoms with E-state index < -0.39 is 0 Å². The van der Waals surface area contributed by atoms with Crippen molar-refractivity contribution in [3.63, 3.8) is 0 Å². The molecule has 2 aliphatic heterocycles. The van der Waals surface area contributed by atoms with Gasteiger partial charge in [-0.2, -0.15) is 0 Å². The lowest BCUT2D eigenvalue weighted by atomic mass is 9.85. The van der Waals surface area contributed by atoms with Gasteiger partial charge in [-0.05, 0) is 24.9 Å². The Kier molecular flexibility index (Phi) is 3.20. The van der Waals surface area contributed by atoms with Gasteiger partial charge in [0.2, 0.25) is 5.95 Å². The number of hydrogen-bond acceptors (Lipinski definition) is 5. The molecule has 0 saturated carbocycles. The van der Waals surface area contributed by atoms with Gasteiger partial charge in [0.15, 0.2) is 0 Å². The number of nitrogens with one attached hydrogen (secondary N) is 2. The van der Waals surface area contributed by atoms with Crippen LogP contribution in [0.5, 0.6) is 0 Å². The molecule has 0 aliphatic carbocycles. The molecule has 2 N–H and O–H groups in total. The maximum atomic E-state index is 5.86. The Morgan fingerprint density at radius 1 is 1.41 bits per heavy atom. The molecule has 0 unspecified atom stereocenters. The molecule has 0 amide bonds. The van der Waals surface area contributed by atoms with Gasteiger partial charge in [0.25, 0.3) is 0 Å². The lowest BCUT2D eigenvalue weighted by Gasteiger charge is -2.27. The van der Waals surface area contributed by atoms with Gasteiger partial charge in [-0.25, -0.2) is 9.97 Å². The van der Waals surface area contributed by atoms with Crippen molar-refractivity contribution in [2.75, 3.05) is 31.6 Å². The standard InChI is InChI=1S/C12H18N4O/c1-3-14-12(15-4-1)16-7-11-10-6-13-5-2-9(10)8-17-11/h1,3-4,9-11,13H,2,5-8H2,(H,14,15,16)/t9-,10-,11+/m0/s1. The van der Waals surface area contributed by atoms with Gasteiger partial charge in [0, 0.05) is 31.4 Å². The minimum atomic E-state index is 0.289. The molecule has 1 aromatic heterocycles. The molecule has 3 heterocycles. The summed E-state index contributed by atoms with van der Waals surface area (Å²) in [4.78, 5) is 8.30. The van der Waals surface area contributed by atoms with Gasteiger partial charge in [0.1, 0.15) is 0 Å². The number of nitrogens with zero attached hydrogens (tertiary/aromatic N) is 2. The third-order valence-electron chi connectivity index (χ3n) is 3.71. The molecule has 2 saturated heterocycles. The first-order valence-electron chi connectivity index (χ1n) is 6.26. The molecule has 2 aliphatic rings. The zero-order valence-electron chi connectivity index (χ0n) is 9.80. The van der Waals surface area contributed by atoms with Gasteiger partial charge in [-0.3, -0.25) is 0 Å². The van der Waals surface area contributed by atoms with Crippen LogP contribution in [0.4, 0.5) is 5.95 Å². The molecule has 92 valence electrons. The van der Waals surface area contributed by atoms with Gasteiger partial charge in [-0.1, -0.05) is 0 Å². The summed E-state index contributed by atoms with van der Waals surface area (Å²) in [5.74, 6) is 2.06. The maximum absolute atomic E-state index is 5.86.